The van der Waals surface area contributed by atoms with Crippen LogP contribution in [0.1, 0.15) is 23.7 Å². The highest BCUT2D eigenvalue weighted by molar-refractivity contribution is 7.91. The molecule has 1 amide bonds. The molecular weight excluding hydrogens is 340 g/mol. The van der Waals surface area contributed by atoms with Crippen LogP contribution in [0.15, 0.2) is 18.3 Å². The molecule has 0 bridgehead atoms. The van der Waals surface area contributed by atoms with E-state index in [1.54, 1.807) is 12.3 Å². The molecule has 0 N–H and O–H groups in total. The average molecular weight is 366 g/mol. The van der Waals surface area contributed by atoms with Gasteiger partial charge in [-0.2, -0.15) is 0 Å². The summed E-state index contributed by atoms with van der Waals surface area (Å²) in [7, 11) is -0.877. The van der Waals surface area contributed by atoms with E-state index in [-0.39, 0.29) is 23.5 Å². The predicted octanol–water partition coefficient (Wildman–Crippen LogP) is 0.483. The lowest BCUT2D eigenvalue weighted by atomic mass is 10.2. The van der Waals surface area contributed by atoms with E-state index in [0.717, 1.165) is 32.0 Å². The van der Waals surface area contributed by atoms with E-state index < -0.39 is 9.84 Å². The molecular formula is C17H26N4O3S. The topological polar surface area (TPSA) is 73.8 Å². The number of aromatic nitrogens is 1. The fraction of sp³-hybridized carbons (Fsp3) is 0.647. The van der Waals surface area contributed by atoms with Gasteiger partial charge in [-0.1, -0.05) is 0 Å². The molecule has 1 atom stereocenters. The lowest BCUT2D eigenvalue weighted by molar-refractivity contribution is 0.0663. The van der Waals surface area contributed by atoms with Crippen LogP contribution in [0.3, 0.4) is 0 Å². The van der Waals surface area contributed by atoms with Gasteiger partial charge in [-0.05, 0) is 32.5 Å². The highest BCUT2D eigenvalue weighted by atomic mass is 32.2. The summed E-state index contributed by atoms with van der Waals surface area (Å²) in [5.41, 5.74) is 0.586. The zero-order valence-corrected chi connectivity index (χ0v) is 15.7. The van der Waals surface area contributed by atoms with E-state index in [4.69, 9.17) is 0 Å². The zero-order chi connectivity index (χ0) is 18.0. The summed E-state index contributed by atoms with van der Waals surface area (Å²) in [6.07, 6.45) is 2.25. The maximum atomic E-state index is 12.6. The number of carbonyl (C=O) groups is 1. The number of hydrogen-bond acceptors (Lipinski definition) is 6. The number of amides is 1. The first-order valence-corrected chi connectivity index (χ1v) is 10.6. The van der Waals surface area contributed by atoms with E-state index in [2.05, 4.69) is 16.9 Å². The van der Waals surface area contributed by atoms with Gasteiger partial charge < -0.3 is 14.7 Å². The van der Waals surface area contributed by atoms with E-state index in [9.17, 15) is 13.2 Å². The molecule has 2 aliphatic rings. The number of likely N-dealkylation sites (N-methyl/N-ethyl adjacent to an activating group) is 1. The van der Waals surface area contributed by atoms with E-state index in [1.165, 1.54) is 0 Å². The number of pyridine rings is 1. The molecule has 0 saturated carbocycles. The third-order valence-corrected chi connectivity index (χ3v) is 6.82. The van der Waals surface area contributed by atoms with E-state index in [1.807, 2.05) is 22.8 Å². The Balaban J connectivity index is 1.69. The lowest BCUT2D eigenvalue weighted by Gasteiger charge is -2.32. The molecule has 2 aliphatic heterocycles. The lowest BCUT2D eigenvalue weighted by Crippen LogP contribution is -2.47. The Morgan fingerprint density at radius 1 is 1.28 bits per heavy atom. The van der Waals surface area contributed by atoms with Gasteiger partial charge in [0.15, 0.2) is 9.84 Å². The first-order chi connectivity index (χ1) is 11.9. The summed E-state index contributed by atoms with van der Waals surface area (Å²) < 4.78 is 23.5. The van der Waals surface area contributed by atoms with Gasteiger partial charge >= 0.3 is 0 Å². The molecule has 0 spiro atoms. The highest BCUT2D eigenvalue weighted by Crippen LogP contribution is 2.23. The van der Waals surface area contributed by atoms with Crippen molar-refractivity contribution in [3.05, 3.63) is 23.9 Å². The third-order valence-electron chi connectivity index (χ3n) is 5.07. The first-order valence-electron chi connectivity index (χ1n) is 8.80. The second-order valence-electron chi connectivity index (χ2n) is 6.84. The fourth-order valence-corrected chi connectivity index (χ4v) is 5.23. The van der Waals surface area contributed by atoms with Crippen molar-refractivity contribution in [2.24, 2.45) is 0 Å². The van der Waals surface area contributed by atoms with Gasteiger partial charge in [0.25, 0.3) is 5.91 Å². The summed E-state index contributed by atoms with van der Waals surface area (Å²) in [6.45, 7) is 5.93. The fourth-order valence-electron chi connectivity index (χ4n) is 3.50. The largest absolute Gasteiger partial charge is 0.353 e. The highest BCUT2D eigenvalue weighted by Gasteiger charge is 2.32. The Morgan fingerprint density at radius 3 is 2.52 bits per heavy atom. The van der Waals surface area contributed by atoms with Gasteiger partial charge in [0, 0.05) is 45.0 Å². The van der Waals surface area contributed by atoms with Crippen LogP contribution >= 0.6 is 0 Å². The monoisotopic (exact) mass is 366 g/mol. The predicted molar refractivity (Wildman–Crippen MR) is 97.7 cm³/mol. The summed E-state index contributed by atoms with van der Waals surface area (Å²) in [6, 6.07) is 3.61. The maximum Gasteiger partial charge on any atom is 0.255 e. The summed E-state index contributed by atoms with van der Waals surface area (Å²) >= 11 is 0. The molecule has 1 unspecified atom stereocenters. The second kappa shape index (κ2) is 7.29. The minimum absolute atomic E-state index is 0.0126. The molecule has 7 nitrogen and oxygen atoms in total. The molecule has 3 heterocycles. The molecule has 0 aromatic carbocycles. The SMILES string of the molecule is CCN(c1ccc(C(=O)N2CCN(C)CC2)cn1)C1CCS(=O)(=O)C1. The average Bonchev–Trinajstić information content (AvgIpc) is 2.96. The van der Waals surface area contributed by atoms with Crippen LogP contribution in [0.25, 0.3) is 0 Å². The molecule has 0 radical (unpaired) electrons. The number of hydrogen-bond donors (Lipinski definition) is 0. The summed E-state index contributed by atoms with van der Waals surface area (Å²) in [5, 5.41) is 0. The van der Waals surface area contributed by atoms with Crippen molar-refractivity contribution in [2.45, 2.75) is 19.4 Å². The number of anilines is 1. The van der Waals surface area contributed by atoms with Crippen LogP contribution in [-0.4, -0.2) is 86.4 Å². The van der Waals surface area contributed by atoms with Crippen LogP contribution in [0, 0.1) is 0 Å². The van der Waals surface area contributed by atoms with Crippen molar-refractivity contribution >= 4 is 21.6 Å². The molecule has 3 rings (SSSR count). The van der Waals surface area contributed by atoms with Gasteiger partial charge in [-0.15, -0.1) is 0 Å². The van der Waals surface area contributed by atoms with Crippen LogP contribution < -0.4 is 4.90 Å². The smallest absolute Gasteiger partial charge is 0.255 e. The van der Waals surface area contributed by atoms with Crippen LogP contribution in [0.4, 0.5) is 5.82 Å². The Bertz CT molecular complexity index is 712. The number of nitrogens with zero attached hydrogens (tertiary/aromatic N) is 4. The van der Waals surface area contributed by atoms with Gasteiger partial charge in [0.05, 0.1) is 17.1 Å². The molecule has 1 aromatic rings. The van der Waals surface area contributed by atoms with Crippen molar-refractivity contribution in [2.75, 3.05) is 56.2 Å². The standard InChI is InChI=1S/C17H26N4O3S/c1-3-21(15-6-11-25(23,24)13-15)16-5-4-14(12-18-16)17(22)20-9-7-19(2)8-10-20/h4-5,12,15H,3,6-11,13H2,1-2H3. The summed E-state index contributed by atoms with van der Waals surface area (Å²) in [5.74, 6) is 1.18. The molecule has 2 fully saturated rings. The molecule has 0 aliphatic carbocycles. The number of piperazine rings is 1. The molecule has 138 valence electrons. The minimum Gasteiger partial charge on any atom is -0.353 e. The van der Waals surface area contributed by atoms with Crippen molar-refractivity contribution < 1.29 is 13.2 Å². The Kier molecular flexibility index (Phi) is 5.29. The number of sulfone groups is 1. The Morgan fingerprint density at radius 2 is 2.00 bits per heavy atom. The van der Waals surface area contributed by atoms with Crippen molar-refractivity contribution in [1.82, 2.24) is 14.8 Å². The minimum atomic E-state index is -2.93. The summed E-state index contributed by atoms with van der Waals surface area (Å²) in [4.78, 5) is 23.1. The van der Waals surface area contributed by atoms with Crippen molar-refractivity contribution in [3.63, 3.8) is 0 Å². The van der Waals surface area contributed by atoms with Crippen LogP contribution in [-0.2, 0) is 9.84 Å². The zero-order valence-electron chi connectivity index (χ0n) is 14.9. The normalized spacial score (nSPS) is 23.6. The van der Waals surface area contributed by atoms with Gasteiger partial charge in [0.2, 0.25) is 0 Å². The quantitative estimate of drug-likeness (QED) is 0.772. The maximum absolute atomic E-state index is 12.6. The van der Waals surface area contributed by atoms with Crippen molar-refractivity contribution in [1.29, 1.82) is 0 Å². The number of rotatable bonds is 4. The molecule has 1 aromatic heterocycles. The molecule has 2 saturated heterocycles. The second-order valence-corrected chi connectivity index (χ2v) is 9.07. The van der Waals surface area contributed by atoms with Gasteiger partial charge in [0.1, 0.15) is 5.82 Å². The molecule has 25 heavy (non-hydrogen) atoms. The van der Waals surface area contributed by atoms with E-state index in [0.29, 0.717) is 18.5 Å². The van der Waals surface area contributed by atoms with E-state index >= 15 is 0 Å². The first kappa shape index (κ1) is 18.1. The van der Waals surface area contributed by atoms with Crippen LogP contribution in [0.5, 0.6) is 0 Å². The van der Waals surface area contributed by atoms with Gasteiger partial charge in [-0.25, -0.2) is 13.4 Å². The van der Waals surface area contributed by atoms with Crippen molar-refractivity contribution in [3.8, 4) is 0 Å². The number of carbonyl (C=O) groups excluding carboxylic acids is 1. The molecule has 8 heteroatoms. The van der Waals surface area contributed by atoms with Crippen LogP contribution in [0.2, 0.25) is 0 Å². The van der Waals surface area contributed by atoms with Gasteiger partial charge in [-0.3, -0.25) is 4.79 Å². The third kappa shape index (κ3) is 4.12. The Hall–Kier alpha value is -1.67. The Labute approximate surface area is 149 Å².